The largest absolute Gasteiger partial charge is 0.497 e. The fourth-order valence-electron chi connectivity index (χ4n) is 2.94. The monoisotopic (exact) mass is 389 g/mol. The molecule has 4 rings (SSSR count). The number of benzene rings is 1. The molecule has 3 heterocycles. The van der Waals surface area contributed by atoms with Crippen molar-refractivity contribution in [1.29, 1.82) is 0 Å². The summed E-state index contributed by atoms with van der Waals surface area (Å²) in [7, 11) is 1.59. The summed E-state index contributed by atoms with van der Waals surface area (Å²) >= 11 is 0. The molecule has 0 aliphatic carbocycles. The number of aliphatic hydroxyl groups excluding tert-OH is 3. The third kappa shape index (κ3) is 3.20. The number of hydrogen-bond acceptors (Lipinski definition) is 10. The van der Waals surface area contributed by atoms with Gasteiger partial charge in [-0.3, -0.25) is 4.57 Å². The SMILES string of the molecule is COc1ccc(COc2nc(N)nc3c2ncn3C2OC(O)C(O)C2O)cc1. The highest BCUT2D eigenvalue weighted by Gasteiger charge is 2.43. The Morgan fingerprint density at radius 3 is 2.54 bits per heavy atom. The van der Waals surface area contributed by atoms with E-state index in [9.17, 15) is 15.3 Å². The van der Waals surface area contributed by atoms with Crippen LogP contribution in [-0.2, 0) is 11.3 Å². The molecule has 4 unspecified atom stereocenters. The van der Waals surface area contributed by atoms with Crippen molar-refractivity contribution >= 4 is 17.1 Å². The summed E-state index contributed by atoms with van der Waals surface area (Å²) in [6.45, 7) is 0.211. The third-order valence-electron chi connectivity index (χ3n) is 4.43. The molecule has 11 nitrogen and oxygen atoms in total. The summed E-state index contributed by atoms with van der Waals surface area (Å²) < 4.78 is 17.4. The quantitative estimate of drug-likeness (QED) is 0.451. The summed E-state index contributed by atoms with van der Waals surface area (Å²) in [4.78, 5) is 12.4. The molecular formula is C17H19N5O6. The molecule has 1 fully saturated rings. The Bertz CT molecular complexity index is 978. The lowest BCUT2D eigenvalue weighted by atomic mass is 10.2. The average molecular weight is 389 g/mol. The number of aromatic nitrogens is 4. The number of nitrogens with two attached hydrogens (primary N) is 1. The molecule has 1 aromatic carbocycles. The maximum absolute atomic E-state index is 10.1. The lowest BCUT2D eigenvalue weighted by Crippen LogP contribution is -2.31. The Balaban J connectivity index is 1.62. The molecule has 0 saturated carbocycles. The van der Waals surface area contributed by atoms with Gasteiger partial charge in [0.25, 0.3) is 0 Å². The van der Waals surface area contributed by atoms with Gasteiger partial charge >= 0.3 is 0 Å². The second-order valence-corrected chi connectivity index (χ2v) is 6.25. The van der Waals surface area contributed by atoms with E-state index < -0.39 is 24.7 Å². The number of ether oxygens (including phenoxy) is 3. The van der Waals surface area contributed by atoms with E-state index in [2.05, 4.69) is 15.0 Å². The predicted molar refractivity (Wildman–Crippen MR) is 95.2 cm³/mol. The average Bonchev–Trinajstić information content (AvgIpc) is 3.22. The van der Waals surface area contributed by atoms with Crippen LogP contribution in [0.4, 0.5) is 5.95 Å². The first kappa shape index (κ1) is 18.4. The third-order valence-corrected chi connectivity index (χ3v) is 4.43. The summed E-state index contributed by atoms with van der Waals surface area (Å²) in [6.07, 6.45) is -4.08. The van der Waals surface area contributed by atoms with E-state index in [4.69, 9.17) is 19.9 Å². The van der Waals surface area contributed by atoms with Crippen molar-refractivity contribution < 1.29 is 29.5 Å². The molecule has 0 bridgehead atoms. The maximum Gasteiger partial charge on any atom is 0.247 e. The second-order valence-electron chi connectivity index (χ2n) is 6.25. The Kier molecular flexibility index (Phi) is 4.73. The predicted octanol–water partition coefficient (Wildman–Crippen LogP) is -0.435. The Morgan fingerprint density at radius 1 is 1.14 bits per heavy atom. The number of fused-ring (bicyclic) bond motifs is 1. The highest BCUT2D eigenvalue weighted by atomic mass is 16.7. The highest BCUT2D eigenvalue weighted by Crippen LogP contribution is 2.32. The smallest absolute Gasteiger partial charge is 0.247 e. The second kappa shape index (κ2) is 7.20. The molecule has 3 aromatic rings. The first-order valence-electron chi connectivity index (χ1n) is 8.43. The number of nitrogen functional groups attached to an aromatic ring is 1. The van der Waals surface area contributed by atoms with Gasteiger partial charge in [-0.25, -0.2) is 4.98 Å². The molecule has 148 valence electrons. The number of anilines is 1. The lowest BCUT2D eigenvalue weighted by Gasteiger charge is -2.16. The van der Waals surface area contributed by atoms with Crippen LogP contribution >= 0.6 is 0 Å². The van der Waals surface area contributed by atoms with Crippen molar-refractivity contribution in [3.63, 3.8) is 0 Å². The highest BCUT2D eigenvalue weighted by molar-refractivity contribution is 5.77. The normalized spacial score (nSPS) is 24.6. The molecule has 11 heteroatoms. The first-order chi connectivity index (χ1) is 13.5. The molecule has 2 aromatic heterocycles. The summed E-state index contributed by atoms with van der Waals surface area (Å²) in [5.41, 5.74) is 7.21. The van der Waals surface area contributed by atoms with Gasteiger partial charge in [0.1, 0.15) is 24.6 Å². The van der Waals surface area contributed by atoms with E-state index in [0.717, 1.165) is 11.3 Å². The lowest BCUT2D eigenvalue weighted by molar-refractivity contribution is -0.141. The molecule has 0 radical (unpaired) electrons. The van der Waals surface area contributed by atoms with Gasteiger partial charge < -0.3 is 35.3 Å². The van der Waals surface area contributed by atoms with Gasteiger partial charge in [-0.05, 0) is 17.7 Å². The zero-order valence-electron chi connectivity index (χ0n) is 14.8. The van der Waals surface area contributed by atoms with Crippen molar-refractivity contribution in [2.24, 2.45) is 0 Å². The number of methoxy groups -OCH3 is 1. The van der Waals surface area contributed by atoms with E-state index in [1.54, 1.807) is 7.11 Å². The Morgan fingerprint density at radius 2 is 1.89 bits per heavy atom. The van der Waals surface area contributed by atoms with Gasteiger partial charge in [-0.2, -0.15) is 9.97 Å². The van der Waals surface area contributed by atoms with E-state index in [1.807, 2.05) is 24.3 Å². The number of imidazole rings is 1. The fraction of sp³-hybridized carbons (Fsp3) is 0.353. The molecule has 5 N–H and O–H groups in total. The van der Waals surface area contributed by atoms with Gasteiger partial charge in [0.05, 0.1) is 13.4 Å². The van der Waals surface area contributed by atoms with Crippen LogP contribution in [0, 0.1) is 0 Å². The number of rotatable bonds is 5. The molecular weight excluding hydrogens is 370 g/mol. The number of aliphatic hydroxyl groups is 3. The van der Waals surface area contributed by atoms with Gasteiger partial charge in [0.15, 0.2) is 23.7 Å². The van der Waals surface area contributed by atoms with Crippen LogP contribution in [0.5, 0.6) is 11.6 Å². The first-order valence-corrected chi connectivity index (χ1v) is 8.43. The topological polar surface area (TPSA) is 158 Å². The van der Waals surface area contributed by atoms with Crippen LogP contribution in [0.2, 0.25) is 0 Å². The van der Waals surface area contributed by atoms with Gasteiger partial charge in [-0.1, -0.05) is 12.1 Å². The minimum Gasteiger partial charge on any atom is -0.497 e. The molecule has 1 saturated heterocycles. The molecule has 0 amide bonds. The van der Waals surface area contributed by atoms with E-state index in [-0.39, 0.29) is 24.1 Å². The molecule has 1 aliphatic rings. The molecule has 1 aliphatic heterocycles. The fourth-order valence-corrected chi connectivity index (χ4v) is 2.94. The minimum absolute atomic E-state index is 0.0624. The standard InChI is InChI=1S/C17H19N5O6/c1-26-9-4-2-8(3-5-9)6-27-14-10-13(20-17(18)21-14)22(7-19-10)15-11(23)12(24)16(25)28-15/h2-5,7,11-12,15-16,23-25H,6H2,1H3,(H2,18,20,21). The zero-order valence-corrected chi connectivity index (χ0v) is 14.8. The van der Waals surface area contributed by atoms with Crippen molar-refractivity contribution in [1.82, 2.24) is 19.5 Å². The minimum atomic E-state index is -1.53. The van der Waals surface area contributed by atoms with Crippen LogP contribution in [0.3, 0.4) is 0 Å². The summed E-state index contributed by atoms with van der Waals surface area (Å²) in [6, 6.07) is 7.33. The molecule has 0 spiro atoms. The van der Waals surface area contributed by atoms with Crippen LogP contribution < -0.4 is 15.2 Å². The van der Waals surface area contributed by atoms with Crippen molar-refractivity contribution in [2.75, 3.05) is 12.8 Å². The molecule has 28 heavy (non-hydrogen) atoms. The van der Waals surface area contributed by atoms with Crippen molar-refractivity contribution in [3.05, 3.63) is 36.2 Å². The number of nitrogens with zero attached hydrogens (tertiary/aromatic N) is 4. The zero-order chi connectivity index (χ0) is 19.8. The van der Waals surface area contributed by atoms with Crippen LogP contribution in [0.25, 0.3) is 11.2 Å². The van der Waals surface area contributed by atoms with Crippen LogP contribution in [0.15, 0.2) is 30.6 Å². The van der Waals surface area contributed by atoms with E-state index in [0.29, 0.717) is 5.52 Å². The van der Waals surface area contributed by atoms with Crippen LogP contribution in [0.1, 0.15) is 11.8 Å². The molecule has 4 atom stereocenters. The van der Waals surface area contributed by atoms with Crippen molar-refractivity contribution in [3.8, 4) is 11.6 Å². The van der Waals surface area contributed by atoms with E-state index >= 15 is 0 Å². The van der Waals surface area contributed by atoms with Gasteiger partial charge in [0.2, 0.25) is 11.8 Å². The van der Waals surface area contributed by atoms with E-state index in [1.165, 1.54) is 10.9 Å². The van der Waals surface area contributed by atoms with Crippen molar-refractivity contribution in [2.45, 2.75) is 31.3 Å². The number of hydrogen-bond donors (Lipinski definition) is 4. The summed E-state index contributed by atoms with van der Waals surface area (Å²) in [5, 5.41) is 29.4. The summed E-state index contributed by atoms with van der Waals surface area (Å²) in [5.74, 6) is 0.828. The van der Waals surface area contributed by atoms with Gasteiger partial charge in [-0.15, -0.1) is 0 Å². The Labute approximate surface area is 158 Å². The van der Waals surface area contributed by atoms with Crippen LogP contribution in [-0.4, -0.2) is 60.4 Å². The van der Waals surface area contributed by atoms with Gasteiger partial charge in [0, 0.05) is 0 Å². The Hall–Kier alpha value is -2.99. The maximum atomic E-state index is 10.1.